The van der Waals surface area contributed by atoms with Crippen molar-refractivity contribution in [2.45, 2.75) is 23.8 Å². The lowest BCUT2D eigenvalue weighted by Crippen LogP contribution is -2.41. The molecular weight excluding hydrogens is 274 g/mol. The lowest BCUT2D eigenvalue weighted by molar-refractivity contribution is -0.118. The fourth-order valence-corrected chi connectivity index (χ4v) is 2.84. The Morgan fingerprint density at radius 1 is 1.40 bits per heavy atom. The highest BCUT2D eigenvalue weighted by atomic mass is 32.2. The van der Waals surface area contributed by atoms with E-state index in [1.54, 1.807) is 12.4 Å². The molecule has 0 aromatic carbocycles. The summed E-state index contributed by atoms with van der Waals surface area (Å²) in [5.74, 6) is 0.492. The summed E-state index contributed by atoms with van der Waals surface area (Å²) in [7, 11) is 0. The highest BCUT2D eigenvalue weighted by Gasteiger charge is 2.16. The number of amides is 1. The van der Waals surface area contributed by atoms with E-state index in [1.165, 1.54) is 11.8 Å². The zero-order chi connectivity index (χ0) is 14.2. The molecule has 1 fully saturated rings. The molecule has 6 heteroatoms. The summed E-state index contributed by atoms with van der Waals surface area (Å²) in [5.41, 5.74) is 0. The third-order valence-electron chi connectivity index (χ3n) is 3.33. The van der Waals surface area contributed by atoms with Gasteiger partial charge in [-0.2, -0.15) is 0 Å². The van der Waals surface area contributed by atoms with Crippen LogP contribution in [0.25, 0.3) is 0 Å². The molecule has 0 aliphatic carbocycles. The number of thioether (sulfide) groups is 1. The molecule has 0 unspecified atom stereocenters. The maximum absolute atomic E-state index is 11.7. The van der Waals surface area contributed by atoms with Crippen molar-refractivity contribution in [2.24, 2.45) is 0 Å². The molecular formula is C14H21N3O2S. The van der Waals surface area contributed by atoms with Crippen molar-refractivity contribution in [1.82, 2.24) is 15.2 Å². The van der Waals surface area contributed by atoms with Gasteiger partial charge in [-0.1, -0.05) is 0 Å². The number of hydrogen-bond donors (Lipinski definition) is 2. The molecule has 0 bridgehead atoms. The second-order valence-electron chi connectivity index (χ2n) is 4.89. The van der Waals surface area contributed by atoms with Gasteiger partial charge in [0, 0.05) is 43.5 Å². The average molecular weight is 295 g/mol. The van der Waals surface area contributed by atoms with Crippen molar-refractivity contribution >= 4 is 17.7 Å². The van der Waals surface area contributed by atoms with Crippen molar-refractivity contribution in [3.05, 3.63) is 24.5 Å². The molecule has 2 N–H and O–H groups in total. The third kappa shape index (κ3) is 5.48. The zero-order valence-electron chi connectivity index (χ0n) is 11.5. The minimum atomic E-state index is -0.141. The number of aromatic nitrogens is 1. The summed E-state index contributed by atoms with van der Waals surface area (Å²) in [5, 5.41) is 12.3. The molecule has 1 aromatic rings. The summed E-state index contributed by atoms with van der Waals surface area (Å²) >= 11 is 1.52. The van der Waals surface area contributed by atoms with E-state index in [2.05, 4.69) is 15.2 Å². The lowest BCUT2D eigenvalue weighted by Gasteiger charge is -2.29. The predicted octanol–water partition coefficient (Wildman–Crippen LogP) is 0.747. The summed E-state index contributed by atoms with van der Waals surface area (Å²) in [4.78, 5) is 19.0. The first-order valence-electron chi connectivity index (χ1n) is 6.94. The highest BCUT2D eigenvalue weighted by molar-refractivity contribution is 8.00. The van der Waals surface area contributed by atoms with E-state index in [0.29, 0.717) is 12.3 Å². The van der Waals surface area contributed by atoms with E-state index in [0.717, 1.165) is 37.4 Å². The van der Waals surface area contributed by atoms with Gasteiger partial charge in [-0.15, -0.1) is 11.8 Å². The van der Waals surface area contributed by atoms with E-state index in [1.807, 2.05) is 12.1 Å². The Labute approximate surface area is 123 Å². The van der Waals surface area contributed by atoms with E-state index in [9.17, 15) is 9.90 Å². The molecule has 0 saturated carbocycles. The molecule has 5 nitrogen and oxygen atoms in total. The largest absolute Gasteiger partial charge is 0.393 e. The molecule has 1 saturated heterocycles. The number of hydrogen-bond acceptors (Lipinski definition) is 5. The summed E-state index contributed by atoms with van der Waals surface area (Å²) in [6, 6.07) is 3.80. The van der Waals surface area contributed by atoms with Gasteiger partial charge < -0.3 is 15.3 Å². The molecule has 1 aliphatic rings. The van der Waals surface area contributed by atoms with Crippen LogP contribution in [0.1, 0.15) is 12.8 Å². The Bertz CT molecular complexity index is 408. The van der Waals surface area contributed by atoms with Crippen molar-refractivity contribution in [3.8, 4) is 0 Å². The fourth-order valence-electron chi connectivity index (χ4n) is 2.13. The maximum Gasteiger partial charge on any atom is 0.230 e. The highest BCUT2D eigenvalue weighted by Crippen LogP contribution is 2.15. The first-order chi connectivity index (χ1) is 9.74. The SMILES string of the molecule is O=C(CSc1ccncc1)NCCN1CCC(O)CC1. The van der Waals surface area contributed by atoms with Crippen LogP contribution in [-0.2, 0) is 4.79 Å². The van der Waals surface area contributed by atoms with Crippen LogP contribution in [-0.4, -0.2) is 58.9 Å². The van der Waals surface area contributed by atoms with Crippen LogP contribution < -0.4 is 5.32 Å². The van der Waals surface area contributed by atoms with Gasteiger partial charge in [0.25, 0.3) is 0 Å². The van der Waals surface area contributed by atoms with Gasteiger partial charge in [0.2, 0.25) is 5.91 Å². The van der Waals surface area contributed by atoms with E-state index in [4.69, 9.17) is 0 Å². The number of rotatable bonds is 6. The van der Waals surface area contributed by atoms with Crippen LogP contribution in [0.5, 0.6) is 0 Å². The van der Waals surface area contributed by atoms with E-state index >= 15 is 0 Å². The fraction of sp³-hybridized carbons (Fsp3) is 0.571. The number of nitrogens with one attached hydrogen (secondary N) is 1. The molecule has 2 rings (SSSR count). The van der Waals surface area contributed by atoms with Crippen molar-refractivity contribution < 1.29 is 9.90 Å². The second-order valence-corrected chi connectivity index (χ2v) is 5.94. The smallest absolute Gasteiger partial charge is 0.230 e. The molecule has 0 atom stereocenters. The van der Waals surface area contributed by atoms with Gasteiger partial charge in [0.15, 0.2) is 0 Å². The molecule has 2 heterocycles. The number of pyridine rings is 1. The Morgan fingerprint density at radius 2 is 2.10 bits per heavy atom. The van der Waals surface area contributed by atoms with Gasteiger partial charge >= 0.3 is 0 Å². The lowest BCUT2D eigenvalue weighted by atomic mass is 10.1. The number of carbonyl (C=O) groups is 1. The Hall–Kier alpha value is -1.11. The van der Waals surface area contributed by atoms with E-state index < -0.39 is 0 Å². The monoisotopic (exact) mass is 295 g/mol. The molecule has 110 valence electrons. The number of carbonyl (C=O) groups excluding carboxylic acids is 1. The number of piperidine rings is 1. The van der Waals surface area contributed by atoms with Gasteiger partial charge in [-0.3, -0.25) is 9.78 Å². The van der Waals surface area contributed by atoms with E-state index in [-0.39, 0.29) is 12.0 Å². The zero-order valence-corrected chi connectivity index (χ0v) is 12.3. The Kier molecular flexibility index (Phi) is 6.29. The summed E-state index contributed by atoms with van der Waals surface area (Å²) < 4.78 is 0. The van der Waals surface area contributed by atoms with Gasteiger partial charge in [0.1, 0.15) is 0 Å². The number of likely N-dealkylation sites (tertiary alicyclic amines) is 1. The van der Waals surface area contributed by atoms with Crippen LogP contribution >= 0.6 is 11.8 Å². The minimum absolute atomic E-state index is 0.0591. The predicted molar refractivity (Wildman–Crippen MR) is 79.7 cm³/mol. The van der Waals surface area contributed by atoms with Crippen LogP contribution in [0, 0.1) is 0 Å². The number of nitrogens with zero attached hydrogens (tertiary/aromatic N) is 2. The van der Waals surface area contributed by atoms with Gasteiger partial charge in [-0.05, 0) is 25.0 Å². The Morgan fingerprint density at radius 3 is 2.80 bits per heavy atom. The minimum Gasteiger partial charge on any atom is -0.393 e. The number of aliphatic hydroxyl groups excluding tert-OH is 1. The normalized spacial score (nSPS) is 17.1. The van der Waals surface area contributed by atoms with Gasteiger partial charge in [-0.25, -0.2) is 0 Å². The van der Waals surface area contributed by atoms with Gasteiger partial charge in [0.05, 0.1) is 11.9 Å². The van der Waals surface area contributed by atoms with Crippen LogP contribution in [0.2, 0.25) is 0 Å². The van der Waals surface area contributed by atoms with Crippen LogP contribution in [0.4, 0.5) is 0 Å². The molecule has 1 amide bonds. The Balaban J connectivity index is 1.56. The standard InChI is InChI=1S/C14H21N3O2S/c18-12-3-8-17(9-4-12)10-7-16-14(19)11-20-13-1-5-15-6-2-13/h1-2,5-6,12,18H,3-4,7-11H2,(H,16,19). The topological polar surface area (TPSA) is 65.5 Å². The molecule has 0 radical (unpaired) electrons. The third-order valence-corrected chi connectivity index (χ3v) is 4.34. The first-order valence-corrected chi connectivity index (χ1v) is 7.92. The second kappa shape index (κ2) is 8.24. The molecule has 0 spiro atoms. The quantitative estimate of drug-likeness (QED) is 0.758. The summed E-state index contributed by atoms with van der Waals surface area (Å²) in [6.45, 7) is 3.37. The van der Waals surface area contributed by atoms with Crippen molar-refractivity contribution in [2.75, 3.05) is 31.9 Å². The molecule has 20 heavy (non-hydrogen) atoms. The average Bonchev–Trinajstić information content (AvgIpc) is 2.48. The molecule has 1 aliphatic heterocycles. The van der Waals surface area contributed by atoms with Crippen molar-refractivity contribution in [3.63, 3.8) is 0 Å². The maximum atomic E-state index is 11.7. The van der Waals surface area contributed by atoms with Crippen LogP contribution in [0.3, 0.4) is 0 Å². The van der Waals surface area contributed by atoms with Crippen LogP contribution in [0.15, 0.2) is 29.4 Å². The number of aliphatic hydroxyl groups is 1. The van der Waals surface area contributed by atoms with Crippen molar-refractivity contribution in [1.29, 1.82) is 0 Å². The summed E-state index contributed by atoms with van der Waals surface area (Å²) in [6.07, 6.45) is 4.99. The molecule has 1 aromatic heterocycles. The first kappa shape index (κ1) is 15.3.